The first kappa shape index (κ1) is 17.9. The van der Waals surface area contributed by atoms with E-state index in [-0.39, 0.29) is 5.91 Å². The van der Waals surface area contributed by atoms with Crippen LogP contribution in [0.5, 0.6) is 0 Å². The van der Waals surface area contributed by atoms with E-state index in [4.69, 9.17) is 4.98 Å². The van der Waals surface area contributed by atoms with Gasteiger partial charge in [0.25, 0.3) is 0 Å². The van der Waals surface area contributed by atoms with Gasteiger partial charge in [-0.3, -0.25) is 9.69 Å². The highest BCUT2D eigenvalue weighted by molar-refractivity contribution is 5.93. The lowest BCUT2D eigenvalue weighted by Crippen LogP contribution is -2.30. The zero-order valence-corrected chi connectivity index (χ0v) is 15.7. The van der Waals surface area contributed by atoms with Gasteiger partial charge in [0.1, 0.15) is 5.82 Å². The Bertz CT molecular complexity index is 729. The van der Waals surface area contributed by atoms with Crippen LogP contribution in [0.1, 0.15) is 64.7 Å². The Labute approximate surface area is 150 Å². The van der Waals surface area contributed by atoms with Crippen LogP contribution in [0.15, 0.2) is 18.2 Å². The average Bonchev–Trinajstić information content (AvgIpc) is 2.93. The Kier molecular flexibility index (Phi) is 5.74. The van der Waals surface area contributed by atoms with E-state index < -0.39 is 0 Å². The maximum absolute atomic E-state index is 11.8. The molecule has 0 saturated carbocycles. The summed E-state index contributed by atoms with van der Waals surface area (Å²) in [5.74, 6) is 1.20. The third-order valence-corrected chi connectivity index (χ3v) is 4.85. The van der Waals surface area contributed by atoms with Crippen LogP contribution in [-0.4, -0.2) is 33.4 Å². The molecule has 2 heterocycles. The Balaban J connectivity index is 1.88. The highest BCUT2D eigenvalue weighted by Crippen LogP contribution is 2.25. The Morgan fingerprint density at radius 1 is 1.24 bits per heavy atom. The number of likely N-dealkylation sites (tertiary alicyclic amines) is 1. The summed E-state index contributed by atoms with van der Waals surface area (Å²) in [6, 6.07) is 6.44. The lowest BCUT2D eigenvalue weighted by atomic mass is 10.1. The third kappa shape index (κ3) is 4.21. The Morgan fingerprint density at radius 2 is 2.00 bits per heavy atom. The summed E-state index contributed by atoms with van der Waals surface area (Å²) in [7, 11) is 0. The number of benzene rings is 1. The van der Waals surface area contributed by atoms with E-state index >= 15 is 0 Å². The summed E-state index contributed by atoms with van der Waals surface area (Å²) in [6.07, 6.45) is 5.33. The number of fused-ring (bicyclic) bond motifs is 1. The van der Waals surface area contributed by atoms with Crippen molar-refractivity contribution in [1.29, 1.82) is 0 Å². The molecule has 5 heteroatoms. The van der Waals surface area contributed by atoms with Crippen LogP contribution in [0, 0.1) is 0 Å². The van der Waals surface area contributed by atoms with Gasteiger partial charge in [0.05, 0.1) is 17.6 Å². The number of hydrogen-bond donors (Lipinski definition) is 1. The van der Waals surface area contributed by atoms with Crippen molar-refractivity contribution in [3.63, 3.8) is 0 Å². The summed E-state index contributed by atoms with van der Waals surface area (Å²) in [5.41, 5.74) is 2.95. The normalized spacial score (nSPS) is 15.8. The summed E-state index contributed by atoms with van der Waals surface area (Å²) < 4.78 is 2.33. The zero-order chi connectivity index (χ0) is 17.8. The van der Waals surface area contributed by atoms with E-state index in [0.717, 1.165) is 35.5 Å². The van der Waals surface area contributed by atoms with Crippen molar-refractivity contribution in [2.45, 2.75) is 65.5 Å². The summed E-state index contributed by atoms with van der Waals surface area (Å²) in [4.78, 5) is 19.3. The summed E-state index contributed by atoms with van der Waals surface area (Å²) >= 11 is 0. The molecule has 1 aromatic carbocycles. The van der Waals surface area contributed by atoms with Gasteiger partial charge in [-0.25, -0.2) is 4.98 Å². The first-order valence-corrected chi connectivity index (χ1v) is 9.61. The molecule has 1 saturated heterocycles. The average molecular weight is 342 g/mol. The molecule has 0 spiro atoms. The molecule has 1 amide bonds. The first-order chi connectivity index (χ1) is 12.1. The number of anilines is 1. The molecule has 0 radical (unpaired) electrons. The number of piperidine rings is 1. The molecule has 0 aliphatic carbocycles. The van der Waals surface area contributed by atoms with Crippen molar-refractivity contribution in [2.24, 2.45) is 0 Å². The molecule has 2 aromatic rings. The number of nitrogens with one attached hydrogen (secondary N) is 1. The first-order valence-electron chi connectivity index (χ1n) is 9.61. The van der Waals surface area contributed by atoms with Gasteiger partial charge >= 0.3 is 0 Å². The fourth-order valence-corrected chi connectivity index (χ4v) is 3.68. The quantitative estimate of drug-likeness (QED) is 0.849. The van der Waals surface area contributed by atoms with Crippen molar-refractivity contribution >= 4 is 22.6 Å². The number of rotatable bonds is 6. The topological polar surface area (TPSA) is 50.2 Å². The van der Waals surface area contributed by atoms with Crippen LogP contribution in [0.2, 0.25) is 0 Å². The molecule has 1 aliphatic heterocycles. The smallest absolute Gasteiger partial charge is 0.224 e. The second-order valence-corrected chi connectivity index (χ2v) is 7.33. The van der Waals surface area contributed by atoms with Crippen molar-refractivity contribution in [1.82, 2.24) is 14.5 Å². The second kappa shape index (κ2) is 8.00. The minimum Gasteiger partial charge on any atom is -0.326 e. The number of carbonyl (C=O) groups is 1. The minimum absolute atomic E-state index is 0.0682. The van der Waals surface area contributed by atoms with Gasteiger partial charge in [-0.15, -0.1) is 0 Å². The molecule has 1 aliphatic rings. The molecule has 25 heavy (non-hydrogen) atoms. The third-order valence-electron chi connectivity index (χ3n) is 4.85. The predicted octanol–water partition coefficient (Wildman–Crippen LogP) is 4.34. The van der Waals surface area contributed by atoms with Crippen LogP contribution in [-0.2, 0) is 11.3 Å². The zero-order valence-electron chi connectivity index (χ0n) is 15.7. The number of carbonyl (C=O) groups excluding carboxylic acids is 1. The van der Waals surface area contributed by atoms with Gasteiger partial charge in [-0.2, -0.15) is 0 Å². The highest BCUT2D eigenvalue weighted by atomic mass is 16.1. The Morgan fingerprint density at radius 3 is 2.68 bits per heavy atom. The van der Waals surface area contributed by atoms with E-state index in [1.54, 1.807) is 0 Å². The minimum atomic E-state index is 0.0682. The molecule has 5 nitrogen and oxygen atoms in total. The monoisotopic (exact) mass is 342 g/mol. The molecule has 0 atom stereocenters. The van der Waals surface area contributed by atoms with Crippen molar-refractivity contribution in [3.05, 3.63) is 24.0 Å². The van der Waals surface area contributed by atoms with Gasteiger partial charge in [0, 0.05) is 18.2 Å². The maximum atomic E-state index is 11.8. The fraction of sp³-hybridized carbons (Fsp3) is 0.600. The van der Waals surface area contributed by atoms with Crippen LogP contribution in [0.4, 0.5) is 5.69 Å². The van der Waals surface area contributed by atoms with Gasteiger partial charge < -0.3 is 9.88 Å². The van der Waals surface area contributed by atoms with Gasteiger partial charge in [-0.05, 0) is 64.4 Å². The van der Waals surface area contributed by atoms with Gasteiger partial charge in [0.15, 0.2) is 0 Å². The number of nitrogens with zero attached hydrogens (tertiary/aromatic N) is 3. The van der Waals surface area contributed by atoms with Gasteiger partial charge in [0.2, 0.25) is 5.91 Å². The van der Waals surface area contributed by atoms with E-state index in [0.29, 0.717) is 12.5 Å². The largest absolute Gasteiger partial charge is 0.326 e. The van der Waals surface area contributed by atoms with E-state index in [1.165, 1.54) is 32.4 Å². The molecule has 3 rings (SSSR count). The molecular formula is C20H30N4O. The second-order valence-electron chi connectivity index (χ2n) is 7.33. The van der Waals surface area contributed by atoms with Crippen molar-refractivity contribution in [3.8, 4) is 0 Å². The van der Waals surface area contributed by atoms with Crippen molar-refractivity contribution < 1.29 is 4.79 Å². The molecule has 1 N–H and O–H groups in total. The maximum Gasteiger partial charge on any atom is 0.224 e. The number of hydrogen-bond acceptors (Lipinski definition) is 3. The van der Waals surface area contributed by atoms with E-state index in [2.05, 4.69) is 34.7 Å². The summed E-state index contributed by atoms with van der Waals surface area (Å²) in [5, 5.41) is 2.98. The molecule has 0 unspecified atom stereocenters. The number of imidazole rings is 1. The lowest BCUT2D eigenvalue weighted by Gasteiger charge is -2.26. The van der Waals surface area contributed by atoms with Crippen LogP contribution in [0.3, 0.4) is 0 Å². The summed E-state index contributed by atoms with van der Waals surface area (Å²) in [6.45, 7) is 9.67. The van der Waals surface area contributed by atoms with Crippen LogP contribution >= 0.6 is 0 Å². The molecular weight excluding hydrogens is 312 g/mol. The van der Waals surface area contributed by atoms with Crippen LogP contribution in [0.25, 0.3) is 11.0 Å². The van der Waals surface area contributed by atoms with Crippen LogP contribution < -0.4 is 5.32 Å². The van der Waals surface area contributed by atoms with Crippen molar-refractivity contribution in [2.75, 3.05) is 18.4 Å². The lowest BCUT2D eigenvalue weighted by molar-refractivity contribution is -0.116. The molecule has 0 bridgehead atoms. The molecule has 136 valence electrons. The number of amides is 1. The van der Waals surface area contributed by atoms with E-state index in [9.17, 15) is 4.79 Å². The molecule has 1 fully saturated rings. The van der Waals surface area contributed by atoms with E-state index in [1.807, 2.05) is 19.1 Å². The SMILES string of the molecule is CCCC(=O)Nc1ccc2c(c1)nc(CN1CCCCC1)n2C(C)C. The van der Waals surface area contributed by atoms with Gasteiger partial charge in [-0.1, -0.05) is 13.3 Å². The fourth-order valence-electron chi connectivity index (χ4n) is 3.68. The highest BCUT2D eigenvalue weighted by Gasteiger charge is 2.18. The predicted molar refractivity (Wildman–Crippen MR) is 103 cm³/mol. The number of aromatic nitrogens is 2. The standard InChI is InChI=1S/C20H30N4O/c1-4-8-20(25)21-16-9-10-18-17(13-16)22-19(24(18)15(2)3)14-23-11-6-5-7-12-23/h9-10,13,15H,4-8,11-12,14H2,1-3H3,(H,21,25). The Hall–Kier alpha value is -1.88. The molecule has 1 aromatic heterocycles.